The third-order valence-electron chi connectivity index (χ3n) is 6.32. The van der Waals surface area contributed by atoms with Crippen LogP contribution in [0.5, 0.6) is 0 Å². The molecule has 2 amide bonds. The van der Waals surface area contributed by atoms with Gasteiger partial charge in [0.1, 0.15) is 10.3 Å². The first-order valence-electron chi connectivity index (χ1n) is 12.0. The Morgan fingerprint density at radius 3 is 2.60 bits per heavy atom. The molecule has 0 spiro atoms. The first-order valence-corrected chi connectivity index (χ1v) is 15.4. The molecule has 8 nitrogen and oxygen atoms in total. The van der Waals surface area contributed by atoms with Crippen molar-refractivity contribution >= 4 is 56.1 Å². The third-order valence-corrected chi connectivity index (χ3v) is 10.8. The molecule has 2 unspecified atom stereocenters. The number of sulfonamides is 1. The lowest BCUT2D eigenvalue weighted by Crippen LogP contribution is -2.55. The molecule has 0 saturated carbocycles. The average Bonchev–Trinajstić information content (AvgIpc) is 3.57. The highest BCUT2D eigenvalue weighted by molar-refractivity contribution is 7.91. The minimum absolute atomic E-state index is 0.0103. The van der Waals surface area contributed by atoms with Crippen LogP contribution in [0, 0.1) is 0 Å². The molecule has 2 saturated heterocycles. The zero-order valence-electron chi connectivity index (χ0n) is 19.7. The molecule has 2 aliphatic heterocycles. The Balaban J connectivity index is 1.37. The third kappa shape index (κ3) is 6.44. The van der Waals surface area contributed by atoms with Crippen molar-refractivity contribution in [1.29, 1.82) is 0 Å². The summed E-state index contributed by atoms with van der Waals surface area (Å²) in [7, 11) is -3.87. The number of piperidine rings is 1. The first-order chi connectivity index (χ1) is 16.8. The molecule has 2 atom stereocenters. The van der Waals surface area contributed by atoms with Gasteiger partial charge in [-0.2, -0.15) is 4.72 Å². The normalized spacial score (nSPS) is 21.1. The van der Waals surface area contributed by atoms with Gasteiger partial charge < -0.3 is 15.1 Å². The van der Waals surface area contributed by atoms with Crippen LogP contribution in [0.4, 0.5) is 0 Å². The van der Waals surface area contributed by atoms with Crippen LogP contribution in [0.2, 0.25) is 4.34 Å². The van der Waals surface area contributed by atoms with Gasteiger partial charge in [0.25, 0.3) is 10.0 Å². The van der Waals surface area contributed by atoms with Gasteiger partial charge in [-0.3, -0.25) is 9.59 Å². The summed E-state index contributed by atoms with van der Waals surface area (Å²) < 4.78 is 29.4. The van der Waals surface area contributed by atoms with Gasteiger partial charge in [0, 0.05) is 35.4 Å². The van der Waals surface area contributed by atoms with Crippen LogP contribution in [0.15, 0.2) is 28.5 Å². The average molecular weight is 559 g/mol. The van der Waals surface area contributed by atoms with Gasteiger partial charge in [-0.05, 0) is 62.9 Å². The lowest BCUT2D eigenvalue weighted by Gasteiger charge is -2.34. The van der Waals surface area contributed by atoms with Crippen LogP contribution >= 0.6 is 34.3 Å². The lowest BCUT2D eigenvalue weighted by molar-refractivity contribution is -0.143. The molecule has 2 aliphatic rings. The molecule has 12 heteroatoms. The van der Waals surface area contributed by atoms with Crippen molar-refractivity contribution in [3.8, 4) is 9.75 Å². The van der Waals surface area contributed by atoms with E-state index in [4.69, 9.17) is 11.6 Å². The summed E-state index contributed by atoms with van der Waals surface area (Å²) in [5.41, 5.74) is 0. The molecule has 35 heavy (non-hydrogen) atoms. The smallest absolute Gasteiger partial charge is 0.250 e. The molecule has 0 aliphatic carbocycles. The maximum atomic E-state index is 13.1. The number of hydrogen-bond donors (Lipinski definition) is 2. The van der Waals surface area contributed by atoms with E-state index < -0.39 is 16.1 Å². The minimum atomic E-state index is -3.87. The number of amides is 2. The number of thiophene rings is 2. The SMILES string of the molecule is CCCNCC1CCCN1C(=O)CN1CCCC(NS(=O)(=O)c2ccc(-c3ccc(Cl)s3)s2)C1=O. The first kappa shape index (κ1) is 26.6. The Bertz CT molecular complexity index is 1150. The Morgan fingerprint density at radius 2 is 1.86 bits per heavy atom. The number of likely N-dealkylation sites (tertiary alicyclic amines) is 2. The molecule has 4 rings (SSSR count). The molecule has 2 fully saturated rings. The highest BCUT2D eigenvalue weighted by Gasteiger charge is 2.36. The van der Waals surface area contributed by atoms with Crippen LogP contribution in [-0.2, 0) is 19.6 Å². The van der Waals surface area contributed by atoms with E-state index in [0.29, 0.717) is 30.3 Å². The van der Waals surface area contributed by atoms with Crippen LogP contribution in [0.1, 0.15) is 39.0 Å². The van der Waals surface area contributed by atoms with E-state index in [2.05, 4.69) is 17.0 Å². The van der Waals surface area contributed by atoms with Gasteiger partial charge in [-0.15, -0.1) is 22.7 Å². The van der Waals surface area contributed by atoms with E-state index in [-0.39, 0.29) is 28.6 Å². The van der Waals surface area contributed by atoms with E-state index >= 15 is 0 Å². The van der Waals surface area contributed by atoms with Crippen LogP contribution in [0.25, 0.3) is 9.75 Å². The molecule has 0 aromatic carbocycles. The number of halogens is 1. The summed E-state index contributed by atoms with van der Waals surface area (Å²) in [6, 6.07) is 6.20. The summed E-state index contributed by atoms with van der Waals surface area (Å²) in [5, 5.41) is 3.38. The summed E-state index contributed by atoms with van der Waals surface area (Å²) in [5.74, 6) is -0.407. The van der Waals surface area contributed by atoms with Crippen molar-refractivity contribution in [3.63, 3.8) is 0 Å². The van der Waals surface area contributed by atoms with E-state index in [1.54, 1.807) is 18.2 Å². The Labute approximate surface area is 219 Å². The Morgan fingerprint density at radius 1 is 1.11 bits per heavy atom. The zero-order chi connectivity index (χ0) is 25.0. The maximum Gasteiger partial charge on any atom is 0.250 e. The zero-order valence-corrected chi connectivity index (χ0v) is 22.9. The van der Waals surface area contributed by atoms with Crippen molar-refractivity contribution < 1.29 is 18.0 Å². The van der Waals surface area contributed by atoms with E-state index in [9.17, 15) is 18.0 Å². The molecule has 2 aromatic heterocycles. The highest BCUT2D eigenvalue weighted by Crippen LogP contribution is 2.36. The molecular formula is C23H31ClN4O4S3. The van der Waals surface area contributed by atoms with Gasteiger partial charge in [0.15, 0.2) is 0 Å². The van der Waals surface area contributed by atoms with Crippen LogP contribution < -0.4 is 10.0 Å². The molecular weight excluding hydrogens is 528 g/mol. The van der Waals surface area contributed by atoms with E-state index in [1.807, 2.05) is 11.0 Å². The number of carbonyl (C=O) groups excluding carboxylic acids is 2. The Kier molecular flexibility index (Phi) is 8.88. The van der Waals surface area contributed by atoms with Gasteiger partial charge in [-0.25, -0.2) is 8.42 Å². The van der Waals surface area contributed by atoms with E-state index in [0.717, 1.165) is 53.4 Å². The lowest BCUT2D eigenvalue weighted by atomic mass is 10.1. The van der Waals surface area contributed by atoms with Gasteiger partial charge in [0.05, 0.1) is 10.9 Å². The number of hydrogen-bond acceptors (Lipinski definition) is 7. The maximum absolute atomic E-state index is 13.1. The molecule has 0 radical (unpaired) electrons. The summed E-state index contributed by atoms with van der Waals surface area (Å²) in [6.45, 7) is 4.93. The predicted molar refractivity (Wildman–Crippen MR) is 140 cm³/mol. The monoisotopic (exact) mass is 558 g/mol. The number of rotatable bonds is 10. The van der Waals surface area contributed by atoms with Crippen molar-refractivity contribution in [1.82, 2.24) is 19.8 Å². The Hall–Kier alpha value is -1.50. The van der Waals surface area contributed by atoms with E-state index in [1.165, 1.54) is 16.2 Å². The molecule has 2 aromatic rings. The quantitative estimate of drug-likeness (QED) is 0.436. The van der Waals surface area contributed by atoms with Crippen molar-refractivity contribution in [2.45, 2.75) is 55.3 Å². The second-order valence-electron chi connectivity index (χ2n) is 8.89. The fraction of sp³-hybridized carbons (Fsp3) is 0.565. The minimum Gasteiger partial charge on any atom is -0.337 e. The van der Waals surface area contributed by atoms with Crippen LogP contribution in [0.3, 0.4) is 0 Å². The van der Waals surface area contributed by atoms with Crippen molar-refractivity contribution in [2.24, 2.45) is 0 Å². The molecule has 2 N–H and O–H groups in total. The topological polar surface area (TPSA) is 98.8 Å². The molecule has 192 valence electrons. The fourth-order valence-electron chi connectivity index (χ4n) is 4.57. The highest BCUT2D eigenvalue weighted by atomic mass is 35.5. The number of carbonyl (C=O) groups is 2. The largest absolute Gasteiger partial charge is 0.337 e. The molecule has 4 heterocycles. The summed E-state index contributed by atoms with van der Waals surface area (Å²) in [6.07, 6.45) is 4.00. The predicted octanol–water partition coefficient (Wildman–Crippen LogP) is 3.39. The summed E-state index contributed by atoms with van der Waals surface area (Å²) >= 11 is 8.52. The summed E-state index contributed by atoms with van der Waals surface area (Å²) in [4.78, 5) is 31.2. The van der Waals surface area contributed by atoms with Gasteiger partial charge >= 0.3 is 0 Å². The molecule has 0 bridgehead atoms. The van der Waals surface area contributed by atoms with Crippen LogP contribution in [-0.4, -0.2) is 74.8 Å². The fourth-order valence-corrected chi connectivity index (χ4v) is 8.25. The standard InChI is InChI=1S/C23H31ClN4O4S3/c1-2-11-25-14-16-5-3-13-28(16)21(29)15-27-12-4-6-17(23(27)30)26-35(31,32)22-10-8-19(34-22)18-7-9-20(24)33-18/h7-10,16-17,25-26H,2-6,11-15H2,1H3. The number of nitrogens with one attached hydrogen (secondary N) is 2. The van der Waals surface area contributed by atoms with Crippen molar-refractivity contribution in [2.75, 3.05) is 32.7 Å². The van der Waals surface area contributed by atoms with Crippen molar-refractivity contribution in [3.05, 3.63) is 28.6 Å². The second kappa shape index (κ2) is 11.7. The van der Waals surface area contributed by atoms with Gasteiger partial charge in [-0.1, -0.05) is 18.5 Å². The second-order valence-corrected chi connectivity index (χ2v) is 13.6. The van der Waals surface area contributed by atoms with Gasteiger partial charge in [0.2, 0.25) is 11.8 Å². The number of nitrogens with zero attached hydrogens (tertiary/aromatic N) is 2.